The van der Waals surface area contributed by atoms with Crippen LogP contribution >= 0.6 is 0 Å². The number of carbonyl (C=O) groups is 2. The van der Waals surface area contributed by atoms with Gasteiger partial charge in [0.05, 0.1) is 18.1 Å². The Morgan fingerprint density at radius 2 is 2.00 bits per heavy atom. The molecule has 0 N–H and O–H groups in total. The molecule has 31 heavy (non-hydrogen) atoms. The molecule has 1 heterocycles. The van der Waals surface area contributed by atoms with Gasteiger partial charge in [-0.1, -0.05) is 38.0 Å². The van der Waals surface area contributed by atoms with Crippen molar-refractivity contribution in [2.24, 2.45) is 11.8 Å². The van der Waals surface area contributed by atoms with E-state index in [2.05, 4.69) is 6.92 Å². The first-order chi connectivity index (χ1) is 14.9. The summed E-state index contributed by atoms with van der Waals surface area (Å²) in [4.78, 5) is 24.5. The summed E-state index contributed by atoms with van der Waals surface area (Å²) in [7, 11) is -1.05. The SMILES string of the molecule is CCCCC(F)C(CCC1C(OC(=O)c2ccccc2)CC2OC(=O)CC21)O[Si](C)C. The second-order valence-electron chi connectivity index (χ2n) is 8.91. The van der Waals surface area contributed by atoms with E-state index in [1.807, 2.05) is 19.2 Å². The summed E-state index contributed by atoms with van der Waals surface area (Å²) < 4.78 is 32.2. The van der Waals surface area contributed by atoms with E-state index >= 15 is 0 Å². The number of esters is 2. The maximum absolute atomic E-state index is 14.9. The van der Waals surface area contributed by atoms with E-state index < -0.39 is 21.3 Å². The first kappa shape index (κ1) is 23.9. The third-order valence-electron chi connectivity index (χ3n) is 6.33. The van der Waals surface area contributed by atoms with Gasteiger partial charge >= 0.3 is 11.9 Å². The molecule has 7 heteroatoms. The molecule has 2 aliphatic rings. The summed E-state index contributed by atoms with van der Waals surface area (Å²) >= 11 is 0. The molecule has 0 bridgehead atoms. The third kappa shape index (κ3) is 6.39. The van der Waals surface area contributed by atoms with Crippen LogP contribution in [-0.2, 0) is 18.7 Å². The zero-order valence-electron chi connectivity index (χ0n) is 18.7. The molecule has 5 nitrogen and oxygen atoms in total. The fraction of sp³-hybridized carbons (Fsp3) is 0.667. The highest BCUT2D eigenvalue weighted by Crippen LogP contribution is 2.45. The molecule has 2 fully saturated rings. The summed E-state index contributed by atoms with van der Waals surface area (Å²) in [5.74, 6) is -0.574. The predicted molar refractivity (Wildman–Crippen MR) is 118 cm³/mol. The van der Waals surface area contributed by atoms with Crippen molar-refractivity contribution >= 4 is 21.0 Å². The lowest BCUT2D eigenvalue weighted by atomic mass is 9.86. The van der Waals surface area contributed by atoms with Crippen molar-refractivity contribution in [3.05, 3.63) is 35.9 Å². The van der Waals surface area contributed by atoms with Crippen LogP contribution in [0.3, 0.4) is 0 Å². The monoisotopic (exact) mass is 449 g/mol. The minimum atomic E-state index is -1.05. The zero-order valence-corrected chi connectivity index (χ0v) is 19.7. The Morgan fingerprint density at radius 1 is 1.26 bits per heavy atom. The fourth-order valence-corrected chi connectivity index (χ4v) is 5.70. The van der Waals surface area contributed by atoms with Crippen molar-refractivity contribution in [3.8, 4) is 0 Å². The number of hydrogen-bond donors (Lipinski definition) is 0. The van der Waals surface area contributed by atoms with Gasteiger partial charge in [-0.25, -0.2) is 9.18 Å². The predicted octanol–water partition coefficient (Wildman–Crippen LogP) is 5.11. The van der Waals surface area contributed by atoms with E-state index in [1.165, 1.54) is 0 Å². The van der Waals surface area contributed by atoms with Gasteiger partial charge < -0.3 is 13.9 Å². The Kier molecular flexibility index (Phi) is 8.66. The fourth-order valence-electron chi connectivity index (χ4n) is 4.83. The van der Waals surface area contributed by atoms with E-state index in [-0.39, 0.29) is 36.0 Å². The number of alkyl halides is 1. The van der Waals surface area contributed by atoms with Crippen LogP contribution in [0.5, 0.6) is 0 Å². The molecule has 3 rings (SSSR count). The first-order valence-electron chi connectivity index (χ1n) is 11.5. The molecule has 0 aromatic heterocycles. The molecule has 0 amide bonds. The van der Waals surface area contributed by atoms with Crippen molar-refractivity contribution in [2.75, 3.05) is 0 Å². The van der Waals surface area contributed by atoms with Gasteiger partial charge in [-0.15, -0.1) is 0 Å². The standard InChI is InChI=1S/C24H34FO5Si/c1-4-5-11-19(25)20(30-31(2)3)13-12-17-18-14-23(26)28-22(18)15-21(17)29-24(27)16-9-7-6-8-10-16/h6-10,17-22H,4-5,11-15H2,1-3H3. The quantitative estimate of drug-likeness (QED) is 0.347. The van der Waals surface area contributed by atoms with E-state index in [0.29, 0.717) is 37.7 Å². The average Bonchev–Trinajstić information content (AvgIpc) is 3.25. The molecule has 1 saturated carbocycles. The molecule has 0 spiro atoms. The molecular formula is C24H34FO5Si. The van der Waals surface area contributed by atoms with Crippen LogP contribution in [0.2, 0.25) is 13.1 Å². The van der Waals surface area contributed by atoms with Gasteiger partial charge in [0, 0.05) is 18.3 Å². The topological polar surface area (TPSA) is 61.8 Å². The van der Waals surface area contributed by atoms with Crippen LogP contribution in [0.4, 0.5) is 4.39 Å². The van der Waals surface area contributed by atoms with Crippen molar-refractivity contribution in [3.63, 3.8) is 0 Å². The summed E-state index contributed by atoms with van der Waals surface area (Å²) in [6.45, 7) is 6.09. The minimum absolute atomic E-state index is 0.0171. The van der Waals surface area contributed by atoms with Crippen LogP contribution in [0.15, 0.2) is 30.3 Å². The third-order valence-corrected chi connectivity index (χ3v) is 7.11. The number of unbranched alkanes of at least 4 members (excludes halogenated alkanes) is 1. The number of halogens is 1. The largest absolute Gasteiger partial charge is 0.462 e. The maximum Gasteiger partial charge on any atom is 0.338 e. The van der Waals surface area contributed by atoms with Crippen LogP contribution in [0.25, 0.3) is 0 Å². The Bertz CT molecular complexity index is 728. The zero-order chi connectivity index (χ0) is 22.4. The van der Waals surface area contributed by atoms with Gasteiger partial charge in [-0.2, -0.15) is 0 Å². The maximum atomic E-state index is 14.9. The van der Waals surface area contributed by atoms with E-state index in [9.17, 15) is 14.0 Å². The minimum Gasteiger partial charge on any atom is -0.462 e. The first-order valence-corrected chi connectivity index (χ1v) is 13.9. The lowest BCUT2D eigenvalue weighted by molar-refractivity contribution is -0.141. The molecule has 171 valence electrons. The smallest absolute Gasteiger partial charge is 0.338 e. The van der Waals surface area contributed by atoms with Crippen molar-refractivity contribution < 1.29 is 27.9 Å². The molecule has 1 aliphatic carbocycles. The van der Waals surface area contributed by atoms with Crippen molar-refractivity contribution in [1.82, 2.24) is 0 Å². The van der Waals surface area contributed by atoms with Gasteiger partial charge in [0.25, 0.3) is 0 Å². The van der Waals surface area contributed by atoms with E-state index in [4.69, 9.17) is 13.9 Å². The summed E-state index contributed by atoms with van der Waals surface area (Å²) in [5.41, 5.74) is 0.504. The van der Waals surface area contributed by atoms with Crippen LogP contribution in [-0.4, -0.2) is 45.5 Å². The van der Waals surface area contributed by atoms with Gasteiger partial charge in [0.2, 0.25) is 9.04 Å². The highest BCUT2D eigenvalue weighted by molar-refractivity contribution is 6.48. The molecule has 1 radical (unpaired) electrons. The van der Waals surface area contributed by atoms with E-state index in [1.54, 1.807) is 24.3 Å². The summed E-state index contributed by atoms with van der Waals surface area (Å²) in [6, 6.07) is 8.90. The van der Waals surface area contributed by atoms with Crippen LogP contribution < -0.4 is 0 Å². The second kappa shape index (κ2) is 11.2. The lowest BCUT2D eigenvalue weighted by Gasteiger charge is -2.28. The number of benzene rings is 1. The summed E-state index contributed by atoms with van der Waals surface area (Å²) in [5, 5.41) is 0. The summed E-state index contributed by atoms with van der Waals surface area (Å²) in [6.07, 6.45) is 2.35. The van der Waals surface area contributed by atoms with Gasteiger partial charge in [-0.3, -0.25) is 4.79 Å². The molecule has 1 aliphatic heterocycles. The van der Waals surface area contributed by atoms with Gasteiger partial charge in [0.1, 0.15) is 18.4 Å². The van der Waals surface area contributed by atoms with Crippen molar-refractivity contribution in [1.29, 1.82) is 0 Å². The number of hydrogen-bond acceptors (Lipinski definition) is 5. The average molecular weight is 450 g/mol. The Labute approximate surface area is 186 Å². The second-order valence-corrected chi connectivity index (χ2v) is 11.0. The normalized spacial score (nSPS) is 27.1. The molecule has 1 saturated heterocycles. The molecule has 6 atom stereocenters. The number of ether oxygens (including phenoxy) is 2. The Hall–Kier alpha value is -1.73. The molecule has 6 unspecified atom stereocenters. The Morgan fingerprint density at radius 3 is 2.68 bits per heavy atom. The lowest BCUT2D eigenvalue weighted by Crippen LogP contribution is -2.33. The number of rotatable bonds is 11. The highest BCUT2D eigenvalue weighted by atomic mass is 28.3. The molecule has 1 aromatic rings. The molecule has 1 aromatic carbocycles. The van der Waals surface area contributed by atoms with Crippen LogP contribution in [0, 0.1) is 11.8 Å². The van der Waals surface area contributed by atoms with Gasteiger partial charge in [0.15, 0.2) is 0 Å². The molecular weight excluding hydrogens is 415 g/mol. The highest BCUT2D eigenvalue weighted by Gasteiger charge is 2.51. The van der Waals surface area contributed by atoms with Gasteiger partial charge in [-0.05, 0) is 44.5 Å². The van der Waals surface area contributed by atoms with Crippen molar-refractivity contribution in [2.45, 2.75) is 89.4 Å². The number of carbonyl (C=O) groups excluding carboxylic acids is 2. The van der Waals surface area contributed by atoms with Crippen LogP contribution in [0.1, 0.15) is 62.2 Å². The van der Waals surface area contributed by atoms with E-state index in [0.717, 1.165) is 12.8 Å². The number of fused-ring (bicyclic) bond motifs is 1. The Balaban J connectivity index is 1.67.